The molecule has 0 saturated heterocycles. The van der Waals surface area contributed by atoms with Crippen LogP contribution in [0.25, 0.3) is 21.5 Å². The summed E-state index contributed by atoms with van der Waals surface area (Å²) in [5.74, 6) is -2.19. The Morgan fingerprint density at radius 2 is 0.846 bits per heavy atom. The van der Waals surface area contributed by atoms with Gasteiger partial charge < -0.3 is 31.5 Å². The maximum Gasteiger partial charge on any atom is 0.323 e. The van der Waals surface area contributed by atoms with Crippen molar-refractivity contribution in [3.63, 3.8) is 0 Å². The number of amides is 4. The van der Waals surface area contributed by atoms with E-state index in [1.807, 2.05) is 0 Å². The molecule has 0 unspecified atom stereocenters. The van der Waals surface area contributed by atoms with Crippen LogP contribution in [-0.4, -0.2) is 54.0 Å². The molecule has 0 spiro atoms. The summed E-state index contributed by atoms with van der Waals surface area (Å²) in [6, 6.07) is 24.0. The molecule has 6 aromatic rings. The average molecular weight is 743 g/mol. The lowest BCUT2D eigenvalue weighted by molar-refractivity contribution is 0.101. The van der Waals surface area contributed by atoms with Gasteiger partial charge in [-0.15, -0.1) is 0 Å². The first-order valence-corrected chi connectivity index (χ1v) is 17.8. The molecule has 0 aliphatic heterocycles. The Labute approximate surface area is 295 Å². The van der Waals surface area contributed by atoms with Gasteiger partial charge in [-0.1, -0.05) is 48.5 Å². The fraction of sp³-hybridized carbons (Fsp3) is 0. The number of carbonyl (C=O) groups is 3. The third kappa shape index (κ3) is 7.32. The Balaban J connectivity index is 1.12. The first kappa shape index (κ1) is 35.3. The van der Waals surface area contributed by atoms with Crippen molar-refractivity contribution in [2.75, 3.05) is 21.3 Å². The van der Waals surface area contributed by atoms with Gasteiger partial charge in [-0.3, -0.25) is 18.7 Å². The molecule has 8 N–H and O–H groups in total. The molecule has 0 saturated carbocycles. The van der Waals surface area contributed by atoms with Crippen LogP contribution in [0.1, 0.15) is 20.7 Å². The average Bonchev–Trinajstić information content (AvgIpc) is 3.09. The molecule has 15 nitrogen and oxygen atoms in total. The Kier molecular flexibility index (Phi) is 9.26. The number of phenolic OH excluding ortho intramolecular Hbond substituents is 2. The normalized spacial score (nSPS) is 11.6. The first-order chi connectivity index (χ1) is 24.6. The summed E-state index contributed by atoms with van der Waals surface area (Å²) in [6.07, 6.45) is 0. The second kappa shape index (κ2) is 13.6. The van der Waals surface area contributed by atoms with Crippen molar-refractivity contribution in [2.24, 2.45) is 0 Å². The number of nitrogens with one attached hydrogen (secondary N) is 4. The van der Waals surface area contributed by atoms with Crippen LogP contribution in [0.4, 0.5) is 27.5 Å². The molecule has 0 aliphatic carbocycles. The maximum atomic E-state index is 13.1. The van der Waals surface area contributed by atoms with E-state index >= 15 is 0 Å². The fourth-order valence-corrected chi connectivity index (χ4v) is 6.85. The van der Waals surface area contributed by atoms with Gasteiger partial charge in [-0.25, -0.2) is 4.79 Å². The zero-order chi connectivity index (χ0) is 37.4. The molecule has 0 aliphatic rings. The summed E-state index contributed by atoms with van der Waals surface area (Å²) >= 11 is 0. The zero-order valence-corrected chi connectivity index (χ0v) is 28.0. The van der Waals surface area contributed by atoms with Crippen molar-refractivity contribution < 1.29 is 50.5 Å². The summed E-state index contributed by atoms with van der Waals surface area (Å²) in [4.78, 5) is 38.1. The molecular formula is C35H26N4O11S2. The highest BCUT2D eigenvalue weighted by Gasteiger charge is 2.20. The van der Waals surface area contributed by atoms with Gasteiger partial charge in [0, 0.05) is 44.0 Å². The van der Waals surface area contributed by atoms with E-state index in [1.165, 1.54) is 109 Å². The van der Waals surface area contributed by atoms with Crippen molar-refractivity contribution in [2.45, 2.75) is 9.79 Å². The van der Waals surface area contributed by atoms with E-state index in [0.717, 1.165) is 0 Å². The van der Waals surface area contributed by atoms with E-state index in [-0.39, 0.29) is 55.4 Å². The number of rotatable bonds is 8. The Morgan fingerprint density at radius 3 is 1.23 bits per heavy atom. The molecule has 264 valence electrons. The van der Waals surface area contributed by atoms with Gasteiger partial charge >= 0.3 is 6.03 Å². The summed E-state index contributed by atoms with van der Waals surface area (Å²) in [5, 5.41) is 32.0. The standard InChI is InChI=1S/C35H26N4O11S2/c40-31-25-9-3-11-29(51(45,46)47)23(25)13-15-27(31)38-33(42)19-5-1-7-21(17-19)36-35(44)37-22-8-2-6-20(18-22)34(43)39-28-16-14-24-26(32(28)41)10-4-12-30(24)52(48,49)50/h1-18,40-41H,(H,38,42)(H,39,43)(H2,36,37,44)(H,45,46,47)(H,48,49,50). The minimum absolute atomic E-state index is 0.0351. The molecule has 17 heteroatoms. The number of carbonyl (C=O) groups excluding carboxylic acids is 3. The third-order valence-electron chi connectivity index (χ3n) is 7.80. The van der Waals surface area contributed by atoms with Crippen molar-refractivity contribution in [1.29, 1.82) is 0 Å². The predicted octanol–water partition coefficient (Wildman–Crippen LogP) is 6.05. The van der Waals surface area contributed by atoms with Gasteiger partial charge in [-0.05, 0) is 60.7 Å². The van der Waals surface area contributed by atoms with Crippen molar-refractivity contribution in [3.05, 3.63) is 120 Å². The van der Waals surface area contributed by atoms with Gasteiger partial charge in [0.2, 0.25) is 0 Å². The van der Waals surface area contributed by atoms with Crippen LogP contribution in [0.2, 0.25) is 0 Å². The van der Waals surface area contributed by atoms with Crippen molar-refractivity contribution in [1.82, 2.24) is 0 Å². The number of aromatic hydroxyl groups is 2. The van der Waals surface area contributed by atoms with E-state index in [4.69, 9.17) is 0 Å². The fourth-order valence-electron chi connectivity index (χ4n) is 5.44. The summed E-state index contributed by atoms with van der Waals surface area (Å²) in [5.41, 5.74) is 0.536. The molecule has 6 rings (SSSR count). The van der Waals surface area contributed by atoms with Crippen LogP contribution in [0.5, 0.6) is 11.5 Å². The molecular weight excluding hydrogens is 717 g/mol. The van der Waals surface area contributed by atoms with Crippen LogP contribution in [-0.2, 0) is 20.2 Å². The first-order valence-electron chi connectivity index (χ1n) is 15.0. The van der Waals surface area contributed by atoms with E-state index in [2.05, 4.69) is 21.3 Å². The van der Waals surface area contributed by atoms with Crippen molar-refractivity contribution >= 4 is 82.4 Å². The SMILES string of the molecule is O=C(Nc1cccc(C(=O)Nc2ccc3c(S(=O)(=O)O)cccc3c2O)c1)Nc1cccc(C(=O)Nc2ccc3c(S(=O)(=O)O)cccc3c2O)c1. The highest BCUT2D eigenvalue weighted by atomic mass is 32.2. The van der Waals surface area contributed by atoms with Crippen LogP contribution < -0.4 is 21.3 Å². The lowest BCUT2D eigenvalue weighted by Gasteiger charge is -2.13. The molecule has 0 radical (unpaired) electrons. The van der Waals surface area contributed by atoms with Gasteiger partial charge in [-0.2, -0.15) is 16.8 Å². The topological polar surface area (TPSA) is 249 Å². The number of benzene rings is 6. The van der Waals surface area contributed by atoms with Crippen LogP contribution in [0.3, 0.4) is 0 Å². The molecule has 52 heavy (non-hydrogen) atoms. The van der Waals surface area contributed by atoms with Crippen LogP contribution in [0.15, 0.2) is 119 Å². The minimum Gasteiger partial charge on any atom is -0.505 e. The molecule has 6 aromatic carbocycles. The lowest BCUT2D eigenvalue weighted by atomic mass is 10.1. The Hall–Kier alpha value is -6.53. The van der Waals surface area contributed by atoms with E-state index in [1.54, 1.807) is 0 Å². The van der Waals surface area contributed by atoms with Crippen LogP contribution in [0, 0.1) is 0 Å². The van der Waals surface area contributed by atoms with E-state index in [9.17, 15) is 50.5 Å². The van der Waals surface area contributed by atoms with Gasteiger partial charge in [0.25, 0.3) is 32.1 Å². The number of hydrogen-bond donors (Lipinski definition) is 8. The highest BCUT2D eigenvalue weighted by molar-refractivity contribution is 7.86. The highest BCUT2D eigenvalue weighted by Crippen LogP contribution is 2.37. The molecule has 0 atom stereocenters. The molecule has 4 amide bonds. The number of urea groups is 1. The second-order valence-corrected chi connectivity index (χ2v) is 14.0. The van der Waals surface area contributed by atoms with E-state index < -0.39 is 59.4 Å². The largest absolute Gasteiger partial charge is 0.505 e. The Bertz CT molecular complexity index is 2500. The van der Waals surface area contributed by atoms with Gasteiger partial charge in [0.1, 0.15) is 21.3 Å². The van der Waals surface area contributed by atoms with Crippen LogP contribution >= 0.6 is 0 Å². The monoisotopic (exact) mass is 742 g/mol. The number of hydrogen-bond acceptors (Lipinski definition) is 9. The third-order valence-corrected chi connectivity index (χ3v) is 9.63. The van der Waals surface area contributed by atoms with Crippen molar-refractivity contribution in [3.8, 4) is 11.5 Å². The Morgan fingerprint density at radius 1 is 0.462 bits per heavy atom. The maximum absolute atomic E-state index is 13.1. The molecule has 0 bridgehead atoms. The molecule has 0 heterocycles. The minimum atomic E-state index is -4.57. The van der Waals surface area contributed by atoms with Gasteiger partial charge in [0.15, 0.2) is 0 Å². The number of anilines is 4. The second-order valence-electron chi connectivity index (χ2n) is 11.2. The van der Waals surface area contributed by atoms with E-state index in [0.29, 0.717) is 0 Å². The van der Waals surface area contributed by atoms with Gasteiger partial charge in [0.05, 0.1) is 11.4 Å². The molecule has 0 aromatic heterocycles. The molecule has 0 fully saturated rings. The lowest BCUT2D eigenvalue weighted by Crippen LogP contribution is -2.20. The quantitative estimate of drug-likeness (QED) is 0.0659. The number of fused-ring (bicyclic) bond motifs is 2. The summed E-state index contributed by atoms with van der Waals surface area (Å²) in [6.45, 7) is 0. The predicted molar refractivity (Wildman–Crippen MR) is 192 cm³/mol. The smallest absolute Gasteiger partial charge is 0.323 e. The summed E-state index contributed by atoms with van der Waals surface area (Å²) in [7, 11) is -9.15. The summed E-state index contributed by atoms with van der Waals surface area (Å²) < 4.78 is 65.9. The zero-order valence-electron chi connectivity index (χ0n) is 26.4. The number of phenols is 2.